The van der Waals surface area contributed by atoms with Crippen molar-refractivity contribution in [2.24, 2.45) is 11.8 Å². The molecular weight excluding hydrogens is 428 g/mol. The van der Waals surface area contributed by atoms with Crippen molar-refractivity contribution in [3.05, 3.63) is 48.7 Å². The van der Waals surface area contributed by atoms with Gasteiger partial charge in [-0.3, -0.25) is 19.0 Å². The number of ether oxygens (including phenoxy) is 1. The van der Waals surface area contributed by atoms with Gasteiger partial charge in [0.2, 0.25) is 0 Å². The molecule has 5 rings (SSSR count). The fourth-order valence-corrected chi connectivity index (χ4v) is 4.44. The largest absolute Gasteiger partial charge is 0.497 e. The second kappa shape index (κ2) is 11.0. The lowest BCUT2D eigenvalue weighted by molar-refractivity contribution is -0.0444. The number of aromatic nitrogens is 1. The van der Waals surface area contributed by atoms with Gasteiger partial charge in [0, 0.05) is 24.2 Å². The quantitative estimate of drug-likeness (QED) is 0.445. The van der Waals surface area contributed by atoms with Crippen molar-refractivity contribution in [1.29, 1.82) is 0 Å². The first-order valence-electron chi connectivity index (χ1n) is 9.38. The highest BCUT2D eigenvalue weighted by Gasteiger charge is 2.42. The molecule has 3 aliphatic heterocycles. The normalized spacial score (nSPS) is 25.3. The maximum atomic E-state index is 11.2. The van der Waals surface area contributed by atoms with Crippen LogP contribution in [0, 0.1) is 11.8 Å². The first-order valence-corrected chi connectivity index (χ1v) is 10.8. The highest BCUT2D eigenvalue weighted by atomic mass is 32.3. The van der Waals surface area contributed by atoms with Gasteiger partial charge >= 0.3 is 10.4 Å². The van der Waals surface area contributed by atoms with E-state index in [0.717, 1.165) is 41.7 Å². The highest BCUT2D eigenvalue weighted by molar-refractivity contribution is 7.79. The molecule has 1 aromatic heterocycles. The van der Waals surface area contributed by atoms with Crippen LogP contribution in [0.15, 0.2) is 43.1 Å². The zero-order valence-corrected chi connectivity index (χ0v) is 18.0. The molecule has 5 atom stereocenters. The Morgan fingerprint density at radius 3 is 2.52 bits per heavy atom. The number of methoxy groups -OCH3 is 1. The molecule has 10 nitrogen and oxygen atoms in total. The summed E-state index contributed by atoms with van der Waals surface area (Å²) in [6.45, 7) is 6.07. The van der Waals surface area contributed by atoms with Gasteiger partial charge in [0.15, 0.2) is 0 Å². The van der Waals surface area contributed by atoms with Gasteiger partial charge < -0.3 is 20.8 Å². The van der Waals surface area contributed by atoms with Crippen LogP contribution in [-0.4, -0.2) is 69.7 Å². The van der Waals surface area contributed by atoms with E-state index in [2.05, 4.69) is 22.5 Å². The van der Waals surface area contributed by atoms with Crippen LogP contribution in [0.5, 0.6) is 5.75 Å². The van der Waals surface area contributed by atoms with Crippen LogP contribution < -0.4 is 4.74 Å². The molecule has 0 amide bonds. The average Bonchev–Trinajstić information content (AvgIpc) is 2.71. The molecule has 0 saturated carbocycles. The minimum absolute atomic E-state index is 0. The number of hydrogen-bond acceptors (Lipinski definition) is 6. The Balaban J connectivity index is 0.000000622. The summed E-state index contributed by atoms with van der Waals surface area (Å²) < 4.78 is 36.9. The molecule has 3 fully saturated rings. The predicted octanol–water partition coefficient (Wildman–Crippen LogP) is 0.871. The Hall–Kier alpha value is -2.12. The number of nitrogens with zero attached hydrogens (tertiary/aromatic N) is 2. The van der Waals surface area contributed by atoms with Crippen LogP contribution in [0.2, 0.25) is 0 Å². The molecule has 0 radical (unpaired) electrons. The number of pyridine rings is 1. The third-order valence-corrected chi connectivity index (χ3v) is 5.82. The van der Waals surface area contributed by atoms with Crippen LogP contribution in [0.4, 0.5) is 0 Å². The zero-order valence-electron chi connectivity index (χ0n) is 17.2. The molecule has 0 spiro atoms. The van der Waals surface area contributed by atoms with E-state index in [1.807, 2.05) is 24.3 Å². The molecule has 11 heteroatoms. The van der Waals surface area contributed by atoms with Crippen LogP contribution in [0.1, 0.15) is 24.5 Å². The second-order valence-corrected chi connectivity index (χ2v) is 8.32. The zero-order chi connectivity index (χ0) is 21.2. The van der Waals surface area contributed by atoms with E-state index in [-0.39, 0.29) is 17.0 Å². The lowest BCUT2D eigenvalue weighted by Gasteiger charge is -2.50. The summed E-state index contributed by atoms with van der Waals surface area (Å²) in [6, 6.07) is 7.96. The highest BCUT2D eigenvalue weighted by Crippen LogP contribution is 2.42. The Labute approximate surface area is 181 Å². The molecule has 2 unspecified atom stereocenters. The standard InChI is InChI=1S/C20H24N2O2.H2O4S.2H2O/c1-3-13-12-22-9-7-14(13)10-19(22)20(23)16-6-8-21-18-5-4-15(24-2)11-17(16)18;1-5(2,3)4;;/h3-6,8,11,13-14,19-20,23H,1,7,9-10,12H2,2H3;(H2,1,2,3,4);2*1H2/t13-,14?,19+,20+;;;/m1.../s1. The molecule has 31 heavy (non-hydrogen) atoms. The van der Waals surface area contributed by atoms with Gasteiger partial charge in [-0.05, 0) is 61.1 Å². The second-order valence-electron chi connectivity index (χ2n) is 7.42. The number of aliphatic hydroxyl groups is 1. The van der Waals surface area contributed by atoms with Crippen molar-refractivity contribution in [2.45, 2.75) is 25.0 Å². The van der Waals surface area contributed by atoms with Crippen molar-refractivity contribution < 1.29 is 38.3 Å². The number of benzene rings is 1. The molecule has 3 saturated heterocycles. The number of rotatable bonds is 4. The van der Waals surface area contributed by atoms with E-state index in [9.17, 15) is 5.11 Å². The van der Waals surface area contributed by atoms with E-state index in [0.29, 0.717) is 11.8 Å². The molecule has 7 N–H and O–H groups in total. The first-order chi connectivity index (χ1) is 13.7. The summed E-state index contributed by atoms with van der Waals surface area (Å²) in [5.74, 6) is 2.01. The van der Waals surface area contributed by atoms with Crippen molar-refractivity contribution in [3.63, 3.8) is 0 Å². The topological polar surface area (TPSA) is 183 Å². The van der Waals surface area contributed by atoms with Gasteiger partial charge in [-0.2, -0.15) is 8.42 Å². The first kappa shape index (κ1) is 26.9. The molecule has 3 aliphatic rings. The third-order valence-electron chi connectivity index (χ3n) is 5.82. The van der Waals surface area contributed by atoms with Crippen LogP contribution in [0.3, 0.4) is 0 Å². The Morgan fingerprint density at radius 1 is 1.29 bits per heavy atom. The van der Waals surface area contributed by atoms with Crippen molar-refractivity contribution in [2.75, 3.05) is 20.2 Å². The number of hydrogen-bond donors (Lipinski definition) is 3. The minimum atomic E-state index is -4.67. The van der Waals surface area contributed by atoms with Crippen molar-refractivity contribution in [3.8, 4) is 5.75 Å². The Bertz CT molecular complexity index is 976. The fraction of sp³-hybridized carbons (Fsp3) is 0.450. The summed E-state index contributed by atoms with van der Waals surface area (Å²) in [6.07, 6.45) is 5.62. The van der Waals surface area contributed by atoms with Crippen LogP contribution in [-0.2, 0) is 10.4 Å². The van der Waals surface area contributed by atoms with Gasteiger partial charge in [-0.25, -0.2) is 0 Å². The molecule has 2 aromatic rings. The van der Waals surface area contributed by atoms with Gasteiger partial charge in [0.1, 0.15) is 5.75 Å². The van der Waals surface area contributed by atoms with Gasteiger partial charge in [0.05, 0.1) is 18.7 Å². The molecule has 2 bridgehead atoms. The van der Waals surface area contributed by atoms with Gasteiger partial charge in [-0.1, -0.05) is 6.08 Å². The summed E-state index contributed by atoms with van der Waals surface area (Å²) in [7, 11) is -3.01. The van der Waals surface area contributed by atoms with E-state index in [1.54, 1.807) is 13.3 Å². The van der Waals surface area contributed by atoms with Crippen molar-refractivity contribution in [1.82, 2.24) is 9.88 Å². The van der Waals surface area contributed by atoms with Gasteiger partial charge in [-0.15, -0.1) is 6.58 Å². The van der Waals surface area contributed by atoms with Crippen LogP contribution >= 0.6 is 0 Å². The van der Waals surface area contributed by atoms with Crippen molar-refractivity contribution >= 4 is 21.3 Å². The molecule has 4 heterocycles. The fourth-order valence-electron chi connectivity index (χ4n) is 4.44. The lowest BCUT2D eigenvalue weighted by Crippen LogP contribution is -2.54. The van der Waals surface area contributed by atoms with Gasteiger partial charge in [0.25, 0.3) is 0 Å². The molecule has 0 aliphatic carbocycles. The lowest BCUT2D eigenvalue weighted by atomic mass is 9.73. The Morgan fingerprint density at radius 2 is 1.97 bits per heavy atom. The van der Waals surface area contributed by atoms with Crippen LogP contribution in [0.25, 0.3) is 10.9 Å². The molecule has 174 valence electrons. The monoisotopic (exact) mass is 458 g/mol. The van der Waals surface area contributed by atoms with E-state index in [4.69, 9.17) is 22.3 Å². The number of fused-ring (bicyclic) bond motifs is 4. The molecular formula is C20H30N2O8S. The Kier molecular flexibility index (Phi) is 9.51. The summed E-state index contributed by atoms with van der Waals surface area (Å²) in [4.78, 5) is 6.86. The number of piperidine rings is 3. The number of aliphatic hydroxyl groups excluding tert-OH is 1. The average molecular weight is 459 g/mol. The third kappa shape index (κ3) is 6.43. The maximum absolute atomic E-state index is 11.2. The SMILES string of the molecule is C=C[C@@H]1CN2CCC1C[C@H]2[C@@H](O)c1ccnc2ccc(OC)cc12.O.O.O=S(=O)(O)O. The summed E-state index contributed by atoms with van der Waals surface area (Å²) in [5, 5.41) is 12.1. The molecule has 1 aromatic carbocycles. The van der Waals surface area contributed by atoms with E-state index in [1.165, 1.54) is 6.42 Å². The van der Waals surface area contributed by atoms with E-state index < -0.39 is 16.5 Å². The smallest absolute Gasteiger partial charge is 0.394 e. The maximum Gasteiger partial charge on any atom is 0.394 e. The summed E-state index contributed by atoms with van der Waals surface area (Å²) in [5.41, 5.74) is 1.85. The summed E-state index contributed by atoms with van der Waals surface area (Å²) >= 11 is 0. The predicted molar refractivity (Wildman–Crippen MR) is 116 cm³/mol. The van der Waals surface area contributed by atoms with E-state index >= 15 is 0 Å². The minimum Gasteiger partial charge on any atom is -0.497 e.